The molecule has 0 radical (unpaired) electrons. The van der Waals surface area contributed by atoms with Gasteiger partial charge in [0.15, 0.2) is 0 Å². The van der Waals surface area contributed by atoms with E-state index < -0.39 is 0 Å². The van der Waals surface area contributed by atoms with Gasteiger partial charge in [-0.1, -0.05) is 19.9 Å². The standard InChI is InChI=1S/C17H19NO2.C2H6/c1-11-7-16(19-2)14-8-12(3-4-15(14)18-11)17-5-6-20-10-13(17)9-17;1-2/h3-4,7-8,13H,5-6,9-10H2,1-2H3;1-2H3. The van der Waals surface area contributed by atoms with Crippen LogP contribution in [-0.2, 0) is 10.2 Å². The highest BCUT2D eigenvalue weighted by Gasteiger charge is 2.56. The number of hydrogen-bond donors (Lipinski definition) is 0. The van der Waals surface area contributed by atoms with Crippen LogP contribution in [-0.4, -0.2) is 25.3 Å². The molecule has 2 aromatic rings. The van der Waals surface area contributed by atoms with E-state index in [4.69, 9.17) is 9.47 Å². The Morgan fingerprint density at radius 1 is 1.27 bits per heavy atom. The Morgan fingerprint density at radius 3 is 2.82 bits per heavy atom. The van der Waals surface area contributed by atoms with Gasteiger partial charge in [0, 0.05) is 29.2 Å². The fourth-order valence-electron chi connectivity index (χ4n) is 3.68. The van der Waals surface area contributed by atoms with Gasteiger partial charge in [0.25, 0.3) is 0 Å². The van der Waals surface area contributed by atoms with Crippen molar-refractivity contribution in [3.63, 3.8) is 0 Å². The summed E-state index contributed by atoms with van der Waals surface area (Å²) in [5.41, 5.74) is 3.81. The molecule has 0 spiro atoms. The zero-order chi connectivity index (χ0) is 15.7. The van der Waals surface area contributed by atoms with Gasteiger partial charge < -0.3 is 9.47 Å². The predicted octanol–water partition coefficient (Wildman–Crippen LogP) is 4.26. The number of methoxy groups -OCH3 is 1. The average molecular weight is 299 g/mol. The first-order valence-corrected chi connectivity index (χ1v) is 8.26. The van der Waals surface area contributed by atoms with Crippen molar-refractivity contribution in [3.8, 4) is 5.75 Å². The van der Waals surface area contributed by atoms with Crippen molar-refractivity contribution in [2.24, 2.45) is 5.92 Å². The second-order valence-corrected chi connectivity index (χ2v) is 6.08. The molecule has 2 fully saturated rings. The number of nitrogens with zero attached hydrogens (tertiary/aromatic N) is 1. The number of rotatable bonds is 2. The topological polar surface area (TPSA) is 31.4 Å². The highest BCUT2D eigenvalue weighted by Crippen LogP contribution is 2.59. The van der Waals surface area contributed by atoms with E-state index in [1.807, 2.05) is 26.8 Å². The number of fused-ring (bicyclic) bond motifs is 2. The van der Waals surface area contributed by atoms with E-state index in [0.717, 1.165) is 42.0 Å². The van der Waals surface area contributed by atoms with Crippen molar-refractivity contribution in [1.82, 2.24) is 4.98 Å². The molecular formula is C19H25NO2. The zero-order valence-corrected chi connectivity index (χ0v) is 14.0. The van der Waals surface area contributed by atoms with Crippen LogP contribution in [0.15, 0.2) is 24.3 Å². The lowest BCUT2D eigenvalue weighted by atomic mass is 9.88. The lowest BCUT2D eigenvalue weighted by Gasteiger charge is -2.23. The van der Waals surface area contributed by atoms with Crippen LogP contribution in [0.2, 0.25) is 0 Å². The molecule has 118 valence electrons. The van der Waals surface area contributed by atoms with Gasteiger partial charge in [-0.3, -0.25) is 4.98 Å². The van der Waals surface area contributed by atoms with Gasteiger partial charge in [-0.05, 0) is 43.4 Å². The first-order chi connectivity index (χ1) is 10.7. The summed E-state index contributed by atoms with van der Waals surface area (Å²) in [7, 11) is 1.73. The Kier molecular flexibility index (Phi) is 4.09. The summed E-state index contributed by atoms with van der Waals surface area (Å²) < 4.78 is 11.1. The molecule has 1 aliphatic carbocycles. The number of aromatic nitrogens is 1. The fraction of sp³-hybridized carbons (Fsp3) is 0.526. The lowest BCUT2D eigenvalue weighted by molar-refractivity contribution is 0.0803. The summed E-state index contributed by atoms with van der Waals surface area (Å²) in [4.78, 5) is 4.60. The summed E-state index contributed by atoms with van der Waals surface area (Å²) >= 11 is 0. The molecule has 1 aromatic carbocycles. The van der Waals surface area contributed by atoms with Crippen molar-refractivity contribution in [2.45, 2.75) is 39.0 Å². The van der Waals surface area contributed by atoms with Crippen LogP contribution in [0.5, 0.6) is 5.75 Å². The minimum absolute atomic E-state index is 0.363. The van der Waals surface area contributed by atoms with Crippen LogP contribution >= 0.6 is 0 Å². The third-order valence-electron chi connectivity index (χ3n) is 4.94. The Balaban J connectivity index is 0.000000693. The van der Waals surface area contributed by atoms with Crippen LogP contribution < -0.4 is 4.74 Å². The zero-order valence-electron chi connectivity index (χ0n) is 14.0. The average Bonchev–Trinajstić information content (AvgIpc) is 3.31. The first kappa shape index (κ1) is 15.3. The molecule has 2 unspecified atom stereocenters. The maximum absolute atomic E-state index is 5.58. The third-order valence-corrected chi connectivity index (χ3v) is 4.94. The van der Waals surface area contributed by atoms with Crippen LogP contribution in [0, 0.1) is 12.8 Å². The van der Waals surface area contributed by atoms with Gasteiger partial charge in [0.05, 0.1) is 19.2 Å². The lowest BCUT2D eigenvalue weighted by Crippen LogP contribution is -2.21. The van der Waals surface area contributed by atoms with E-state index in [1.165, 1.54) is 12.0 Å². The number of benzene rings is 1. The van der Waals surface area contributed by atoms with E-state index in [2.05, 4.69) is 23.2 Å². The molecule has 2 atom stereocenters. The third kappa shape index (κ3) is 2.38. The van der Waals surface area contributed by atoms with Crippen molar-refractivity contribution in [1.29, 1.82) is 0 Å². The maximum atomic E-state index is 5.58. The summed E-state index contributed by atoms with van der Waals surface area (Å²) in [5.74, 6) is 1.63. The van der Waals surface area contributed by atoms with Crippen LogP contribution in [0.3, 0.4) is 0 Å². The van der Waals surface area contributed by atoms with Gasteiger partial charge in [-0.2, -0.15) is 0 Å². The second-order valence-electron chi connectivity index (χ2n) is 6.08. The molecular weight excluding hydrogens is 274 g/mol. The number of pyridine rings is 1. The van der Waals surface area contributed by atoms with Crippen LogP contribution in [0.4, 0.5) is 0 Å². The molecule has 4 rings (SSSR count). The van der Waals surface area contributed by atoms with E-state index in [-0.39, 0.29) is 0 Å². The van der Waals surface area contributed by atoms with Crippen LogP contribution in [0.1, 0.15) is 37.9 Å². The van der Waals surface area contributed by atoms with Gasteiger partial charge in [-0.15, -0.1) is 0 Å². The van der Waals surface area contributed by atoms with Crippen LogP contribution in [0.25, 0.3) is 10.9 Å². The molecule has 0 bridgehead atoms. The largest absolute Gasteiger partial charge is 0.496 e. The fourth-order valence-corrected chi connectivity index (χ4v) is 3.68. The molecule has 1 aliphatic heterocycles. The molecule has 22 heavy (non-hydrogen) atoms. The molecule has 1 saturated carbocycles. The van der Waals surface area contributed by atoms with E-state index in [0.29, 0.717) is 11.3 Å². The molecule has 3 heteroatoms. The Labute approximate surface area is 132 Å². The SMILES string of the molecule is CC.COc1cc(C)nc2ccc(C34CCOCC3C4)cc12. The minimum atomic E-state index is 0.363. The monoisotopic (exact) mass is 299 g/mol. The molecule has 0 amide bonds. The smallest absolute Gasteiger partial charge is 0.130 e. The van der Waals surface area contributed by atoms with Crippen molar-refractivity contribution < 1.29 is 9.47 Å². The molecule has 2 heterocycles. The quantitative estimate of drug-likeness (QED) is 0.830. The molecule has 2 aliphatic rings. The molecule has 0 N–H and O–H groups in total. The maximum Gasteiger partial charge on any atom is 0.130 e. The molecule has 1 saturated heterocycles. The minimum Gasteiger partial charge on any atom is -0.496 e. The van der Waals surface area contributed by atoms with E-state index >= 15 is 0 Å². The number of ether oxygens (including phenoxy) is 2. The first-order valence-electron chi connectivity index (χ1n) is 8.26. The van der Waals surface area contributed by atoms with Crippen molar-refractivity contribution in [3.05, 3.63) is 35.5 Å². The number of aryl methyl sites for hydroxylation is 1. The van der Waals surface area contributed by atoms with Gasteiger partial charge in [-0.25, -0.2) is 0 Å². The van der Waals surface area contributed by atoms with E-state index in [1.54, 1.807) is 7.11 Å². The highest BCUT2D eigenvalue weighted by molar-refractivity contribution is 5.86. The summed E-state index contributed by atoms with van der Waals surface area (Å²) in [5, 5.41) is 1.13. The Bertz CT molecular complexity index is 682. The van der Waals surface area contributed by atoms with Crippen molar-refractivity contribution in [2.75, 3.05) is 20.3 Å². The summed E-state index contributed by atoms with van der Waals surface area (Å²) in [6, 6.07) is 8.68. The van der Waals surface area contributed by atoms with Gasteiger partial charge >= 0.3 is 0 Å². The van der Waals surface area contributed by atoms with Gasteiger partial charge in [0.1, 0.15) is 5.75 Å². The predicted molar refractivity (Wildman–Crippen MR) is 89.6 cm³/mol. The summed E-state index contributed by atoms with van der Waals surface area (Å²) in [6.45, 7) is 7.81. The number of hydrogen-bond acceptors (Lipinski definition) is 3. The Morgan fingerprint density at radius 2 is 2.09 bits per heavy atom. The normalized spacial score (nSPS) is 25.9. The summed E-state index contributed by atoms with van der Waals surface area (Å²) in [6.07, 6.45) is 2.41. The Hall–Kier alpha value is -1.61. The molecule has 3 nitrogen and oxygen atoms in total. The second kappa shape index (κ2) is 5.88. The highest BCUT2D eigenvalue weighted by atomic mass is 16.5. The van der Waals surface area contributed by atoms with Crippen molar-refractivity contribution >= 4 is 10.9 Å². The van der Waals surface area contributed by atoms with Gasteiger partial charge in [0.2, 0.25) is 0 Å². The van der Waals surface area contributed by atoms with E-state index in [9.17, 15) is 0 Å². The molecule has 1 aromatic heterocycles.